The van der Waals surface area contributed by atoms with Gasteiger partial charge in [-0.1, -0.05) is 41.4 Å². The predicted molar refractivity (Wildman–Crippen MR) is 131 cm³/mol. The maximum Gasteiger partial charge on any atom is 0.251 e. The Kier molecular flexibility index (Phi) is 8.52. The number of aliphatic hydroxyl groups is 1. The van der Waals surface area contributed by atoms with Crippen LogP contribution in [-0.2, 0) is 13.0 Å². The average molecular weight is 489 g/mol. The third-order valence-corrected chi connectivity index (χ3v) is 5.64. The predicted octanol–water partition coefficient (Wildman–Crippen LogP) is 3.86. The molecule has 0 saturated heterocycles. The molecule has 33 heavy (non-hydrogen) atoms. The monoisotopic (exact) mass is 488 g/mol. The first-order valence-electron chi connectivity index (χ1n) is 10.4. The molecule has 6 N–H and O–H groups in total. The number of hydrogen-bond acceptors (Lipinski definition) is 6. The van der Waals surface area contributed by atoms with Crippen molar-refractivity contribution in [3.63, 3.8) is 0 Å². The molecule has 0 spiro atoms. The van der Waals surface area contributed by atoms with Gasteiger partial charge in [-0.3, -0.25) is 4.79 Å². The number of nitrogens with one attached hydrogen (secondary N) is 2. The second-order valence-corrected chi connectivity index (χ2v) is 8.67. The van der Waals surface area contributed by atoms with E-state index in [9.17, 15) is 15.0 Å². The molecule has 9 heteroatoms. The van der Waals surface area contributed by atoms with E-state index in [2.05, 4.69) is 15.6 Å². The van der Waals surface area contributed by atoms with E-state index in [1.54, 1.807) is 30.5 Å². The average Bonchev–Trinajstić information content (AvgIpc) is 2.79. The highest BCUT2D eigenvalue weighted by Gasteiger charge is 2.13. The van der Waals surface area contributed by atoms with Gasteiger partial charge in [-0.2, -0.15) is 0 Å². The van der Waals surface area contributed by atoms with E-state index >= 15 is 0 Å². The minimum atomic E-state index is -0.700. The lowest BCUT2D eigenvalue weighted by molar-refractivity contribution is 0.0950. The molecule has 3 rings (SSSR count). The summed E-state index contributed by atoms with van der Waals surface area (Å²) in [5.74, 6) is 0.0237. The molecule has 0 saturated carbocycles. The number of nitrogens with two attached hydrogens (primary N) is 1. The number of phenolic OH excluding ortho intramolecular Hbond substituents is 1. The molecule has 0 bridgehead atoms. The molecule has 0 unspecified atom stereocenters. The zero-order valence-corrected chi connectivity index (χ0v) is 19.6. The number of hydrogen-bond donors (Lipinski definition) is 5. The van der Waals surface area contributed by atoms with Crippen molar-refractivity contribution < 1.29 is 15.0 Å². The summed E-state index contributed by atoms with van der Waals surface area (Å²) in [4.78, 5) is 16.6. The number of halogens is 2. The Morgan fingerprint density at radius 3 is 2.70 bits per heavy atom. The van der Waals surface area contributed by atoms with E-state index in [-0.39, 0.29) is 29.3 Å². The molecule has 174 valence electrons. The molecule has 1 heterocycles. The van der Waals surface area contributed by atoms with Gasteiger partial charge in [0.05, 0.1) is 11.1 Å². The SMILES string of the molecule is C[C@H](Cc1cccc(C(=O)NCc2cc(Cl)cc(Cl)c2O)c1)NC[C@@H](O)c1ccc(N)nc1. The first kappa shape index (κ1) is 24.8. The molecule has 2 aromatic carbocycles. The molecule has 2 atom stereocenters. The fourth-order valence-corrected chi connectivity index (χ4v) is 3.88. The van der Waals surface area contributed by atoms with E-state index in [0.717, 1.165) is 5.56 Å². The van der Waals surface area contributed by atoms with Gasteiger partial charge in [0.2, 0.25) is 0 Å². The van der Waals surface area contributed by atoms with E-state index in [1.165, 1.54) is 6.07 Å². The molecule has 0 fully saturated rings. The van der Waals surface area contributed by atoms with Crippen LogP contribution in [0.1, 0.15) is 40.1 Å². The summed E-state index contributed by atoms with van der Waals surface area (Å²) >= 11 is 11.9. The number of aliphatic hydroxyl groups excluding tert-OH is 1. The summed E-state index contributed by atoms with van der Waals surface area (Å²) in [5, 5.41) is 26.9. The number of anilines is 1. The quantitative estimate of drug-likeness (QED) is 0.311. The maximum absolute atomic E-state index is 12.6. The Morgan fingerprint density at radius 1 is 1.18 bits per heavy atom. The zero-order chi connectivity index (χ0) is 24.0. The molecule has 0 aliphatic heterocycles. The highest BCUT2D eigenvalue weighted by Crippen LogP contribution is 2.31. The van der Waals surface area contributed by atoms with Crippen LogP contribution in [0.25, 0.3) is 0 Å². The largest absolute Gasteiger partial charge is 0.506 e. The van der Waals surface area contributed by atoms with Gasteiger partial charge in [0.25, 0.3) is 5.91 Å². The van der Waals surface area contributed by atoms with Crippen LogP contribution in [0.5, 0.6) is 5.75 Å². The number of aromatic hydroxyl groups is 1. The Morgan fingerprint density at radius 2 is 1.97 bits per heavy atom. The lowest BCUT2D eigenvalue weighted by Gasteiger charge is -2.18. The number of benzene rings is 2. The summed E-state index contributed by atoms with van der Waals surface area (Å²) in [7, 11) is 0. The van der Waals surface area contributed by atoms with Crippen LogP contribution in [0, 0.1) is 0 Å². The van der Waals surface area contributed by atoms with E-state index < -0.39 is 6.10 Å². The Labute approximate surface area is 202 Å². The maximum atomic E-state index is 12.6. The standard InChI is InChI=1S/C24H26Cl2N4O3/c1-14(28-13-21(31)17-5-6-22(27)29-11-17)7-15-3-2-4-16(8-15)24(33)30-12-18-9-19(25)10-20(26)23(18)32/h2-6,8-11,14,21,28,31-32H,7,12-13H2,1H3,(H2,27,29)(H,30,33)/t14-,21-/m1/s1. The molecule has 7 nitrogen and oxygen atoms in total. The molecule has 0 aliphatic rings. The molecule has 1 aromatic heterocycles. The number of carbonyl (C=O) groups excluding carboxylic acids is 1. The molecule has 0 radical (unpaired) electrons. The summed E-state index contributed by atoms with van der Waals surface area (Å²) in [6.07, 6.45) is 1.53. The number of phenols is 1. The summed E-state index contributed by atoms with van der Waals surface area (Å²) in [6, 6.07) is 13.8. The van der Waals surface area contributed by atoms with Crippen LogP contribution in [0.3, 0.4) is 0 Å². The topological polar surface area (TPSA) is 120 Å². The van der Waals surface area contributed by atoms with Crippen molar-refractivity contribution in [2.45, 2.75) is 32.0 Å². The fourth-order valence-electron chi connectivity index (χ4n) is 3.34. The lowest BCUT2D eigenvalue weighted by atomic mass is 10.0. The van der Waals surface area contributed by atoms with Crippen LogP contribution in [0.15, 0.2) is 54.7 Å². The van der Waals surface area contributed by atoms with Crippen LogP contribution >= 0.6 is 23.2 Å². The molecule has 3 aromatic rings. The lowest BCUT2D eigenvalue weighted by Crippen LogP contribution is -2.32. The molecule has 0 aliphatic carbocycles. The van der Waals surface area contributed by atoms with Gasteiger partial charge < -0.3 is 26.6 Å². The number of amides is 1. The first-order valence-corrected chi connectivity index (χ1v) is 11.2. The van der Waals surface area contributed by atoms with Crippen LogP contribution < -0.4 is 16.4 Å². The van der Waals surface area contributed by atoms with Crippen LogP contribution in [0.2, 0.25) is 10.0 Å². The number of nitrogens with zero attached hydrogens (tertiary/aromatic N) is 1. The van der Waals surface area contributed by atoms with Crippen molar-refractivity contribution in [3.8, 4) is 5.75 Å². The normalized spacial score (nSPS) is 12.8. The second-order valence-electron chi connectivity index (χ2n) is 7.82. The third-order valence-electron chi connectivity index (χ3n) is 5.13. The minimum absolute atomic E-state index is 0.0604. The number of rotatable bonds is 9. The highest BCUT2D eigenvalue weighted by atomic mass is 35.5. The van der Waals surface area contributed by atoms with E-state index in [4.69, 9.17) is 28.9 Å². The van der Waals surface area contributed by atoms with Crippen LogP contribution in [0.4, 0.5) is 5.82 Å². The number of nitrogen functional groups attached to an aromatic ring is 1. The highest BCUT2D eigenvalue weighted by molar-refractivity contribution is 6.35. The van der Waals surface area contributed by atoms with Gasteiger partial charge in [-0.05, 0) is 49.2 Å². The van der Waals surface area contributed by atoms with Gasteiger partial charge in [-0.15, -0.1) is 0 Å². The summed E-state index contributed by atoms with van der Waals surface area (Å²) in [5.41, 5.74) is 8.17. The van der Waals surface area contributed by atoms with Gasteiger partial charge in [0.1, 0.15) is 11.6 Å². The fraction of sp³-hybridized carbons (Fsp3) is 0.250. The van der Waals surface area contributed by atoms with E-state index in [1.807, 2.05) is 25.1 Å². The Balaban J connectivity index is 1.54. The molecular formula is C24H26Cl2N4O3. The van der Waals surface area contributed by atoms with Gasteiger partial charge in [-0.25, -0.2) is 4.98 Å². The zero-order valence-electron chi connectivity index (χ0n) is 18.1. The Hall–Kier alpha value is -2.84. The van der Waals surface area contributed by atoms with Crippen molar-refractivity contribution in [3.05, 3.63) is 87.0 Å². The van der Waals surface area contributed by atoms with Gasteiger partial charge >= 0.3 is 0 Å². The van der Waals surface area contributed by atoms with Crippen molar-refractivity contribution in [2.24, 2.45) is 0 Å². The molecular weight excluding hydrogens is 463 g/mol. The number of aromatic nitrogens is 1. The first-order chi connectivity index (χ1) is 15.7. The van der Waals surface area contributed by atoms with Crippen molar-refractivity contribution in [2.75, 3.05) is 12.3 Å². The van der Waals surface area contributed by atoms with Crippen molar-refractivity contribution in [1.82, 2.24) is 15.6 Å². The molecule has 1 amide bonds. The second kappa shape index (κ2) is 11.3. The van der Waals surface area contributed by atoms with Gasteiger partial charge in [0.15, 0.2) is 0 Å². The van der Waals surface area contributed by atoms with E-state index in [0.29, 0.717) is 40.5 Å². The van der Waals surface area contributed by atoms with Gasteiger partial charge in [0, 0.05) is 47.0 Å². The summed E-state index contributed by atoms with van der Waals surface area (Å²) < 4.78 is 0. The third kappa shape index (κ3) is 7.07. The Bertz CT molecular complexity index is 1110. The number of pyridine rings is 1. The van der Waals surface area contributed by atoms with Crippen LogP contribution in [-0.4, -0.2) is 33.7 Å². The minimum Gasteiger partial charge on any atom is -0.506 e. The number of carbonyl (C=O) groups is 1. The van der Waals surface area contributed by atoms with Crippen molar-refractivity contribution in [1.29, 1.82) is 0 Å². The summed E-state index contributed by atoms with van der Waals surface area (Å²) in [6.45, 7) is 2.45. The van der Waals surface area contributed by atoms with Crippen molar-refractivity contribution >= 4 is 34.9 Å². The smallest absolute Gasteiger partial charge is 0.251 e.